The molecule has 1 aliphatic carbocycles. The van der Waals surface area contributed by atoms with Crippen LogP contribution in [-0.4, -0.2) is 22.2 Å². The van der Waals surface area contributed by atoms with Gasteiger partial charge >= 0.3 is 0 Å². The van der Waals surface area contributed by atoms with Crippen LogP contribution in [0.25, 0.3) is 5.57 Å². The molecule has 0 unspecified atom stereocenters. The predicted molar refractivity (Wildman–Crippen MR) is 115 cm³/mol. The van der Waals surface area contributed by atoms with Crippen LogP contribution in [0.4, 0.5) is 0 Å². The van der Waals surface area contributed by atoms with Crippen molar-refractivity contribution < 1.29 is 4.79 Å². The van der Waals surface area contributed by atoms with E-state index in [1.165, 1.54) is 30.6 Å². The van der Waals surface area contributed by atoms with Crippen molar-refractivity contribution in [3.8, 4) is 0 Å². The number of halogens is 1. The monoisotopic (exact) mass is 414 g/mol. The first-order chi connectivity index (χ1) is 13.6. The number of pyridine rings is 1. The van der Waals surface area contributed by atoms with Crippen LogP contribution < -0.4 is 10.9 Å². The highest BCUT2D eigenvalue weighted by Crippen LogP contribution is 2.35. The van der Waals surface area contributed by atoms with Gasteiger partial charge < -0.3 is 10.3 Å². The van der Waals surface area contributed by atoms with Gasteiger partial charge in [0.25, 0.3) is 5.56 Å². The summed E-state index contributed by atoms with van der Waals surface area (Å²) in [6, 6.07) is 11.9. The average molecular weight is 415 g/mol. The van der Waals surface area contributed by atoms with Crippen LogP contribution in [0.2, 0.25) is 5.02 Å². The summed E-state index contributed by atoms with van der Waals surface area (Å²) < 4.78 is 0. The smallest absolute Gasteiger partial charge is 0.267 e. The molecule has 1 aromatic heterocycles. The van der Waals surface area contributed by atoms with Crippen LogP contribution in [-0.2, 0) is 4.79 Å². The van der Waals surface area contributed by atoms with Gasteiger partial charge in [-0.2, -0.15) is 0 Å². The van der Waals surface area contributed by atoms with E-state index < -0.39 is 0 Å². The van der Waals surface area contributed by atoms with E-state index in [0.717, 1.165) is 22.8 Å². The summed E-state index contributed by atoms with van der Waals surface area (Å²) >= 11 is 7.85. The molecule has 0 spiro atoms. The van der Waals surface area contributed by atoms with E-state index in [-0.39, 0.29) is 22.5 Å². The average Bonchev–Trinajstić information content (AvgIpc) is 3.35. The van der Waals surface area contributed by atoms with E-state index in [1.807, 2.05) is 23.9 Å². The summed E-state index contributed by atoms with van der Waals surface area (Å²) in [6.07, 6.45) is 8.58. The van der Waals surface area contributed by atoms with Crippen molar-refractivity contribution in [3.63, 3.8) is 0 Å². The Morgan fingerprint density at radius 2 is 1.79 bits per heavy atom. The molecule has 0 bridgehead atoms. The first-order valence-corrected chi connectivity index (χ1v) is 11.0. The van der Waals surface area contributed by atoms with Gasteiger partial charge in [-0.3, -0.25) is 9.59 Å². The zero-order valence-corrected chi connectivity index (χ0v) is 17.1. The third-order valence-corrected chi connectivity index (χ3v) is 6.97. The number of amides is 1. The Hall–Kier alpha value is -1.98. The van der Waals surface area contributed by atoms with E-state index >= 15 is 0 Å². The van der Waals surface area contributed by atoms with E-state index in [9.17, 15) is 9.59 Å². The van der Waals surface area contributed by atoms with E-state index in [4.69, 9.17) is 11.6 Å². The Morgan fingerprint density at radius 3 is 2.43 bits per heavy atom. The second-order valence-corrected chi connectivity index (χ2v) is 9.17. The van der Waals surface area contributed by atoms with E-state index in [0.29, 0.717) is 12.1 Å². The maximum Gasteiger partial charge on any atom is 0.267 e. The van der Waals surface area contributed by atoms with Gasteiger partial charge in [-0.05, 0) is 49.1 Å². The highest BCUT2D eigenvalue weighted by molar-refractivity contribution is 8.00. The Kier molecular flexibility index (Phi) is 5.93. The lowest BCUT2D eigenvalue weighted by Gasteiger charge is -2.14. The summed E-state index contributed by atoms with van der Waals surface area (Å²) in [7, 11) is 0. The molecule has 146 valence electrons. The van der Waals surface area contributed by atoms with Gasteiger partial charge in [0.2, 0.25) is 5.91 Å². The fraction of sp³-hybridized carbons (Fsp3) is 0.364. The molecular formula is C22H23ClN2O2S. The van der Waals surface area contributed by atoms with Crippen LogP contribution in [0.3, 0.4) is 0 Å². The molecule has 4 nitrogen and oxygen atoms in total. The van der Waals surface area contributed by atoms with Crippen molar-refractivity contribution in [1.82, 2.24) is 10.3 Å². The van der Waals surface area contributed by atoms with Crippen molar-refractivity contribution in [2.75, 3.05) is 0 Å². The number of aromatic amines is 1. The molecule has 6 heteroatoms. The van der Waals surface area contributed by atoms with Crippen LogP contribution in [0, 0.1) is 0 Å². The minimum absolute atomic E-state index is 0.0331. The number of nitrogens with one attached hydrogen (secondary N) is 2. The molecule has 0 radical (unpaired) electrons. The molecule has 2 N–H and O–H groups in total. The third kappa shape index (κ3) is 4.53. The summed E-state index contributed by atoms with van der Waals surface area (Å²) in [4.78, 5) is 27.8. The van der Waals surface area contributed by atoms with Gasteiger partial charge in [0.15, 0.2) is 0 Å². The second-order valence-electron chi connectivity index (χ2n) is 7.39. The lowest BCUT2D eigenvalue weighted by atomic mass is 9.99. The Bertz CT molecular complexity index is 946. The maximum atomic E-state index is 12.0. The zero-order chi connectivity index (χ0) is 19.5. The van der Waals surface area contributed by atoms with Crippen LogP contribution in [0.1, 0.15) is 49.8 Å². The Labute approximate surface area is 173 Å². The van der Waals surface area contributed by atoms with Gasteiger partial charge in [0, 0.05) is 33.9 Å². The number of carbonyl (C=O) groups is 1. The molecule has 28 heavy (non-hydrogen) atoms. The Balaban J connectivity index is 1.64. The molecule has 1 aromatic carbocycles. The number of thioether (sulfide) groups is 1. The minimum Gasteiger partial charge on any atom is -0.350 e. The fourth-order valence-corrected chi connectivity index (χ4v) is 5.19. The van der Waals surface area contributed by atoms with Crippen LogP contribution >= 0.6 is 23.4 Å². The van der Waals surface area contributed by atoms with Crippen molar-refractivity contribution >= 4 is 34.8 Å². The quantitative estimate of drug-likeness (QED) is 0.740. The fourth-order valence-electron chi connectivity index (χ4n) is 3.83. The minimum atomic E-state index is -0.311. The lowest BCUT2D eigenvalue weighted by molar-refractivity contribution is -0.119. The standard InChI is InChI=1S/C22H23ClN2O2S/c23-19-10-11-20(25-22(19)27)18(13-15-7-12-21(26)24-15)14-5-8-17(9-6-14)28-16-3-1-2-4-16/h5-6,8-11,13,15-16H,1-4,7,12H2,(H,24,26)(H,25,27)/t15-/m1/s1. The molecule has 1 amide bonds. The molecule has 2 aromatic rings. The van der Waals surface area contributed by atoms with Gasteiger partial charge in [-0.1, -0.05) is 42.7 Å². The second kappa shape index (κ2) is 8.58. The molecule has 4 rings (SSSR count). The normalized spacial score (nSPS) is 20.5. The molecule has 1 saturated heterocycles. The Morgan fingerprint density at radius 1 is 1.04 bits per heavy atom. The molecule has 1 saturated carbocycles. The van der Waals surface area contributed by atoms with Crippen molar-refractivity contribution in [3.05, 3.63) is 69.1 Å². The first-order valence-electron chi connectivity index (χ1n) is 9.76. The van der Waals surface area contributed by atoms with Crippen LogP contribution in [0.5, 0.6) is 0 Å². The lowest BCUT2D eigenvalue weighted by Crippen LogP contribution is -2.23. The first kappa shape index (κ1) is 19.3. The number of benzene rings is 1. The molecule has 1 aliphatic heterocycles. The number of rotatable bonds is 5. The molecule has 2 aliphatic rings. The third-order valence-electron chi connectivity index (χ3n) is 5.32. The predicted octanol–water partition coefficient (Wildman–Crippen LogP) is 4.77. The van der Waals surface area contributed by atoms with Crippen molar-refractivity contribution in [2.45, 2.75) is 54.7 Å². The maximum absolute atomic E-state index is 12.0. The van der Waals surface area contributed by atoms with Gasteiger partial charge in [-0.15, -0.1) is 11.8 Å². The summed E-state index contributed by atoms with van der Waals surface area (Å²) in [5, 5.41) is 3.86. The van der Waals surface area contributed by atoms with Crippen molar-refractivity contribution in [2.24, 2.45) is 0 Å². The van der Waals surface area contributed by atoms with E-state index in [1.54, 1.807) is 6.07 Å². The molecule has 2 heterocycles. The SMILES string of the molecule is O=C1CC[C@H](C=C(c2ccc(SC3CCCC3)cc2)c2ccc(Cl)c(=O)[nH]2)N1. The van der Waals surface area contributed by atoms with Gasteiger partial charge in [-0.25, -0.2) is 0 Å². The summed E-state index contributed by atoms with van der Waals surface area (Å²) in [5.41, 5.74) is 2.30. The van der Waals surface area contributed by atoms with Gasteiger partial charge in [0.05, 0.1) is 0 Å². The topological polar surface area (TPSA) is 62.0 Å². The number of hydrogen-bond acceptors (Lipinski definition) is 3. The van der Waals surface area contributed by atoms with Gasteiger partial charge in [0.1, 0.15) is 5.02 Å². The van der Waals surface area contributed by atoms with Crippen molar-refractivity contribution in [1.29, 1.82) is 0 Å². The highest BCUT2D eigenvalue weighted by atomic mass is 35.5. The number of hydrogen-bond donors (Lipinski definition) is 2. The summed E-state index contributed by atoms with van der Waals surface area (Å²) in [6.45, 7) is 0. The molecule has 1 atom stereocenters. The van der Waals surface area contributed by atoms with E-state index in [2.05, 4.69) is 34.6 Å². The number of aromatic nitrogens is 1. The number of H-pyrrole nitrogens is 1. The van der Waals surface area contributed by atoms with Crippen LogP contribution in [0.15, 0.2) is 52.2 Å². The number of carbonyl (C=O) groups excluding carboxylic acids is 1. The largest absolute Gasteiger partial charge is 0.350 e. The zero-order valence-electron chi connectivity index (χ0n) is 15.5. The highest BCUT2D eigenvalue weighted by Gasteiger charge is 2.21. The molecular weight excluding hydrogens is 392 g/mol. The molecule has 2 fully saturated rings. The summed E-state index contributed by atoms with van der Waals surface area (Å²) in [5.74, 6) is 0.0634.